The third-order valence-electron chi connectivity index (χ3n) is 4.05. The lowest BCUT2D eigenvalue weighted by Crippen LogP contribution is -2.26. The average Bonchev–Trinajstić information content (AvgIpc) is 2.57. The summed E-state index contributed by atoms with van der Waals surface area (Å²) in [6.07, 6.45) is 6.07. The molecule has 4 heteroatoms. The van der Waals surface area contributed by atoms with Gasteiger partial charge in [-0.2, -0.15) is 0 Å². The van der Waals surface area contributed by atoms with Crippen LogP contribution >= 0.6 is 0 Å². The zero-order valence-corrected chi connectivity index (χ0v) is 11.7. The Morgan fingerprint density at radius 2 is 2.00 bits per heavy atom. The number of hydrogen-bond acceptors (Lipinski definition) is 3. The zero-order chi connectivity index (χ0) is 13.8. The summed E-state index contributed by atoms with van der Waals surface area (Å²) in [5.74, 6) is 0.573. The standard InChI is InChI=1S/C15H22N2O2/c1-11-8-9-14(15(10-11)17(18)19)16-13-7-5-3-4-6-12(13)2/h8-10,12-13,16H,3-7H2,1-2H3. The first kappa shape index (κ1) is 13.8. The van der Waals surface area contributed by atoms with E-state index in [4.69, 9.17) is 0 Å². The molecule has 0 radical (unpaired) electrons. The van der Waals surface area contributed by atoms with Gasteiger partial charge in [-0.25, -0.2) is 0 Å². The average molecular weight is 262 g/mol. The number of nitrogens with zero attached hydrogens (tertiary/aromatic N) is 1. The Labute approximate surface area is 114 Å². The molecule has 0 heterocycles. The second kappa shape index (κ2) is 6.04. The topological polar surface area (TPSA) is 55.2 Å². The van der Waals surface area contributed by atoms with Crippen molar-refractivity contribution in [3.05, 3.63) is 33.9 Å². The molecule has 104 valence electrons. The van der Waals surface area contributed by atoms with Crippen LogP contribution in [0.1, 0.15) is 44.6 Å². The van der Waals surface area contributed by atoms with Crippen molar-refractivity contribution in [1.82, 2.24) is 0 Å². The molecule has 1 saturated carbocycles. The van der Waals surface area contributed by atoms with Crippen molar-refractivity contribution in [2.24, 2.45) is 5.92 Å². The van der Waals surface area contributed by atoms with Crippen molar-refractivity contribution in [3.8, 4) is 0 Å². The van der Waals surface area contributed by atoms with Crippen LogP contribution in [-0.4, -0.2) is 11.0 Å². The van der Waals surface area contributed by atoms with Gasteiger partial charge in [-0.05, 0) is 37.3 Å². The number of aryl methyl sites for hydroxylation is 1. The fourth-order valence-corrected chi connectivity index (χ4v) is 2.82. The summed E-state index contributed by atoms with van der Waals surface area (Å²) in [7, 11) is 0. The maximum Gasteiger partial charge on any atom is 0.292 e. The molecule has 0 spiro atoms. The quantitative estimate of drug-likeness (QED) is 0.502. The number of anilines is 1. The van der Waals surface area contributed by atoms with Gasteiger partial charge in [0.1, 0.15) is 5.69 Å². The highest BCUT2D eigenvalue weighted by Gasteiger charge is 2.22. The van der Waals surface area contributed by atoms with E-state index in [-0.39, 0.29) is 10.6 Å². The lowest BCUT2D eigenvalue weighted by Gasteiger charge is -2.23. The van der Waals surface area contributed by atoms with E-state index in [1.54, 1.807) is 6.07 Å². The van der Waals surface area contributed by atoms with E-state index in [1.807, 2.05) is 19.1 Å². The molecule has 0 bridgehead atoms. The van der Waals surface area contributed by atoms with E-state index in [2.05, 4.69) is 12.2 Å². The van der Waals surface area contributed by atoms with Gasteiger partial charge in [0.15, 0.2) is 0 Å². The van der Waals surface area contributed by atoms with Crippen molar-refractivity contribution in [3.63, 3.8) is 0 Å². The van der Waals surface area contributed by atoms with Crippen LogP contribution in [0.2, 0.25) is 0 Å². The van der Waals surface area contributed by atoms with Gasteiger partial charge in [0.05, 0.1) is 4.92 Å². The Kier molecular flexibility index (Phi) is 4.40. The summed E-state index contributed by atoms with van der Waals surface area (Å²) in [4.78, 5) is 10.8. The molecule has 2 atom stereocenters. The highest BCUT2D eigenvalue weighted by molar-refractivity contribution is 5.63. The molecule has 19 heavy (non-hydrogen) atoms. The molecule has 1 aliphatic carbocycles. The second-order valence-corrected chi connectivity index (χ2v) is 5.64. The van der Waals surface area contributed by atoms with Crippen molar-refractivity contribution in [2.75, 3.05) is 5.32 Å². The molecular weight excluding hydrogens is 240 g/mol. The minimum Gasteiger partial charge on any atom is -0.376 e. The summed E-state index contributed by atoms with van der Waals surface area (Å²) in [5, 5.41) is 14.5. The van der Waals surface area contributed by atoms with Crippen LogP contribution in [0.15, 0.2) is 18.2 Å². The number of hydrogen-bond donors (Lipinski definition) is 1. The molecule has 1 N–H and O–H groups in total. The summed E-state index contributed by atoms with van der Waals surface area (Å²) in [6.45, 7) is 4.12. The van der Waals surface area contributed by atoms with Crippen LogP contribution in [0.3, 0.4) is 0 Å². The van der Waals surface area contributed by atoms with Crippen LogP contribution < -0.4 is 5.32 Å². The largest absolute Gasteiger partial charge is 0.376 e. The summed E-state index contributed by atoms with van der Waals surface area (Å²) < 4.78 is 0. The van der Waals surface area contributed by atoms with Gasteiger partial charge in [0.2, 0.25) is 0 Å². The molecule has 0 aromatic heterocycles. The Balaban J connectivity index is 2.19. The van der Waals surface area contributed by atoms with Crippen LogP contribution in [0.5, 0.6) is 0 Å². The lowest BCUT2D eigenvalue weighted by molar-refractivity contribution is -0.384. The minimum atomic E-state index is -0.295. The normalized spacial score (nSPS) is 23.7. The smallest absolute Gasteiger partial charge is 0.292 e. The van der Waals surface area contributed by atoms with Gasteiger partial charge >= 0.3 is 0 Å². The van der Waals surface area contributed by atoms with Crippen LogP contribution in [-0.2, 0) is 0 Å². The van der Waals surface area contributed by atoms with E-state index in [9.17, 15) is 10.1 Å². The van der Waals surface area contributed by atoms with Gasteiger partial charge in [0.25, 0.3) is 5.69 Å². The molecule has 4 nitrogen and oxygen atoms in total. The Bertz CT molecular complexity index is 459. The van der Waals surface area contributed by atoms with Gasteiger partial charge in [-0.1, -0.05) is 32.3 Å². The third kappa shape index (κ3) is 3.46. The molecule has 1 fully saturated rings. The summed E-state index contributed by atoms with van der Waals surface area (Å²) in [6, 6.07) is 5.76. The van der Waals surface area contributed by atoms with Crippen LogP contribution in [0.25, 0.3) is 0 Å². The summed E-state index contributed by atoms with van der Waals surface area (Å²) in [5.41, 5.74) is 1.77. The third-order valence-corrected chi connectivity index (χ3v) is 4.05. The summed E-state index contributed by atoms with van der Waals surface area (Å²) >= 11 is 0. The molecule has 2 unspecified atom stereocenters. The van der Waals surface area contributed by atoms with E-state index >= 15 is 0 Å². The number of nitrogens with one attached hydrogen (secondary N) is 1. The maximum atomic E-state index is 11.1. The fraction of sp³-hybridized carbons (Fsp3) is 0.600. The number of benzene rings is 1. The number of nitro groups is 1. The van der Waals surface area contributed by atoms with E-state index < -0.39 is 0 Å². The molecule has 1 aromatic carbocycles. The van der Waals surface area contributed by atoms with Crippen molar-refractivity contribution in [2.45, 2.75) is 52.0 Å². The molecule has 0 amide bonds. The fourth-order valence-electron chi connectivity index (χ4n) is 2.82. The van der Waals surface area contributed by atoms with Gasteiger partial charge < -0.3 is 5.32 Å². The first-order valence-electron chi connectivity index (χ1n) is 7.09. The highest BCUT2D eigenvalue weighted by Crippen LogP contribution is 2.30. The first-order valence-corrected chi connectivity index (χ1v) is 7.09. The molecule has 1 aliphatic rings. The Hall–Kier alpha value is -1.58. The van der Waals surface area contributed by atoms with Gasteiger partial charge in [-0.3, -0.25) is 10.1 Å². The number of nitro benzene ring substituents is 1. The van der Waals surface area contributed by atoms with Crippen LogP contribution in [0, 0.1) is 23.0 Å². The second-order valence-electron chi connectivity index (χ2n) is 5.64. The van der Waals surface area contributed by atoms with Gasteiger partial charge in [0, 0.05) is 12.1 Å². The molecule has 0 saturated heterocycles. The van der Waals surface area contributed by atoms with Crippen molar-refractivity contribution in [1.29, 1.82) is 0 Å². The predicted molar refractivity (Wildman–Crippen MR) is 77.5 cm³/mol. The van der Waals surface area contributed by atoms with E-state index in [0.717, 1.165) is 12.0 Å². The van der Waals surface area contributed by atoms with E-state index in [1.165, 1.54) is 25.7 Å². The molecule has 2 rings (SSSR count). The maximum absolute atomic E-state index is 11.1. The highest BCUT2D eigenvalue weighted by atomic mass is 16.6. The monoisotopic (exact) mass is 262 g/mol. The van der Waals surface area contributed by atoms with E-state index in [0.29, 0.717) is 17.6 Å². The van der Waals surface area contributed by atoms with Gasteiger partial charge in [-0.15, -0.1) is 0 Å². The predicted octanol–water partition coefficient (Wildman–Crippen LogP) is 4.28. The van der Waals surface area contributed by atoms with Crippen molar-refractivity contribution >= 4 is 11.4 Å². The molecule has 0 aliphatic heterocycles. The molecular formula is C15H22N2O2. The van der Waals surface area contributed by atoms with Crippen molar-refractivity contribution < 1.29 is 4.92 Å². The SMILES string of the molecule is Cc1ccc(NC2CCCCCC2C)c([N+](=O)[O-])c1. The number of rotatable bonds is 3. The first-order chi connectivity index (χ1) is 9.08. The Morgan fingerprint density at radius 1 is 1.26 bits per heavy atom. The molecule has 1 aromatic rings. The zero-order valence-electron chi connectivity index (χ0n) is 11.7. The van der Waals surface area contributed by atoms with Crippen LogP contribution in [0.4, 0.5) is 11.4 Å². The lowest BCUT2D eigenvalue weighted by atomic mass is 9.96. The minimum absolute atomic E-state index is 0.191. The Morgan fingerprint density at radius 3 is 2.74 bits per heavy atom.